The van der Waals surface area contributed by atoms with Crippen LogP contribution in [0.5, 0.6) is 0 Å². The lowest BCUT2D eigenvalue weighted by molar-refractivity contribution is 0.0252. The molecule has 0 bridgehead atoms. The number of carbonyl (C=O) groups excluding carboxylic acids is 1. The average molecular weight is 320 g/mol. The Morgan fingerprint density at radius 1 is 1.38 bits per heavy atom. The predicted molar refractivity (Wildman–Crippen MR) is 83.1 cm³/mol. The molecule has 1 atom stereocenters. The van der Waals surface area contributed by atoms with Crippen molar-refractivity contribution in [1.29, 1.82) is 0 Å². The van der Waals surface area contributed by atoms with Crippen LogP contribution in [0.3, 0.4) is 0 Å². The number of rotatable bonds is 4. The highest BCUT2D eigenvalue weighted by atomic mass is 32.2. The van der Waals surface area contributed by atoms with E-state index >= 15 is 0 Å². The first-order valence-corrected chi connectivity index (χ1v) is 9.15. The molecule has 6 nitrogen and oxygen atoms in total. The summed E-state index contributed by atoms with van der Waals surface area (Å²) >= 11 is 0. The third-order valence-electron chi connectivity index (χ3n) is 3.25. The Balaban J connectivity index is 2.62. The van der Waals surface area contributed by atoms with E-state index in [4.69, 9.17) is 4.74 Å². The van der Waals surface area contributed by atoms with Crippen molar-refractivity contribution in [2.24, 2.45) is 0 Å². The van der Waals surface area contributed by atoms with Crippen LogP contribution in [0.1, 0.15) is 41.0 Å². The summed E-state index contributed by atoms with van der Waals surface area (Å²) in [6, 6.07) is 0.318. The Labute approximate surface area is 128 Å². The first kappa shape index (κ1) is 18.2. The summed E-state index contributed by atoms with van der Waals surface area (Å²) in [6.07, 6.45) is 0.0824. The second kappa shape index (κ2) is 6.96. The molecule has 21 heavy (non-hydrogen) atoms. The number of nitrogens with one attached hydrogen (secondary N) is 1. The fourth-order valence-corrected chi connectivity index (χ4v) is 3.84. The molecule has 1 amide bonds. The summed E-state index contributed by atoms with van der Waals surface area (Å²) in [5, 5.41) is 2.70. The van der Waals surface area contributed by atoms with Crippen LogP contribution in [-0.4, -0.2) is 61.7 Å². The van der Waals surface area contributed by atoms with Crippen LogP contribution >= 0.6 is 0 Å². The highest BCUT2D eigenvalue weighted by Gasteiger charge is 2.36. The lowest BCUT2D eigenvalue weighted by atomic mass is 10.2. The van der Waals surface area contributed by atoms with Gasteiger partial charge in [0.1, 0.15) is 5.60 Å². The van der Waals surface area contributed by atoms with Crippen LogP contribution in [0.4, 0.5) is 4.79 Å². The van der Waals surface area contributed by atoms with Gasteiger partial charge in [-0.1, -0.05) is 13.8 Å². The third kappa shape index (κ3) is 6.22. The highest BCUT2D eigenvalue weighted by molar-refractivity contribution is 7.92. The van der Waals surface area contributed by atoms with Crippen molar-refractivity contribution in [3.8, 4) is 0 Å². The van der Waals surface area contributed by atoms with E-state index in [1.807, 2.05) is 13.8 Å². The maximum atomic E-state index is 12.1. The Morgan fingerprint density at radius 3 is 2.52 bits per heavy atom. The fourth-order valence-electron chi connectivity index (χ4n) is 2.15. The second-order valence-electron chi connectivity index (χ2n) is 6.81. The van der Waals surface area contributed by atoms with Gasteiger partial charge >= 0.3 is 6.09 Å². The van der Waals surface area contributed by atoms with Crippen molar-refractivity contribution in [2.75, 3.05) is 25.4 Å². The molecule has 0 aromatic heterocycles. The van der Waals surface area contributed by atoms with E-state index in [1.165, 1.54) is 4.90 Å². The summed E-state index contributed by atoms with van der Waals surface area (Å²) < 4.78 is 29.5. The summed E-state index contributed by atoms with van der Waals surface area (Å²) in [5.74, 6) is 0.0125. The lowest BCUT2D eigenvalue weighted by Gasteiger charge is -2.34. The SMILES string of the molecule is CC(C)NCCC1CN(C(=O)OC(C)(C)C)CCS1(=O)=O. The van der Waals surface area contributed by atoms with E-state index < -0.39 is 26.8 Å². The van der Waals surface area contributed by atoms with Crippen molar-refractivity contribution < 1.29 is 17.9 Å². The van der Waals surface area contributed by atoms with E-state index in [9.17, 15) is 13.2 Å². The molecular weight excluding hydrogens is 292 g/mol. The largest absolute Gasteiger partial charge is 0.444 e. The summed E-state index contributed by atoms with van der Waals surface area (Å²) in [7, 11) is -3.12. The van der Waals surface area contributed by atoms with Crippen LogP contribution in [0.25, 0.3) is 0 Å². The van der Waals surface area contributed by atoms with Gasteiger partial charge in [0.05, 0.1) is 11.0 Å². The number of sulfone groups is 1. The van der Waals surface area contributed by atoms with Crippen LogP contribution < -0.4 is 5.32 Å². The van der Waals surface area contributed by atoms with Gasteiger partial charge in [0.15, 0.2) is 9.84 Å². The van der Waals surface area contributed by atoms with Gasteiger partial charge in [0.25, 0.3) is 0 Å². The van der Waals surface area contributed by atoms with Crippen LogP contribution in [0.2, 0.25) is 0 Å². The smallest absolute Gasteiger partial charge is 0.410 e. The Bertz CT molecular complexity index is 454. The van der Waals surface area contributed by atoms with E-state index in [-0.39, 0.29) is 18.8 Å². The van der Waals surface area contributed by atoms with Crippen LogP contribution in [0.15, 0.2) is 0 Å². The van der Waals surface area contributed by atoms with E-state index in [2.05, 4.69) is 5.32 Å². The molecule has 1 unspecified atom stereocenters. The molecule has 7 heteroatoms. The fraction of sp³-hybridized carbons (Fsp3) is 0.929. The van der Waals surface area contributed by atoms with Gasteiger partial charge in [0, 0.05) is 19.1 Å². The summed E-state index contributed by atoms with van der Waals surface area (Å²) in [6.45, 7) is 10.5. The zero-order chi connectivity index (χ0) is 16.3. The predicted octanol–water partition coefficient (Wildman–Crippen LogP) is 1.41. The quantitative estimate of drug-likeness (QED) is 0.847. The maximum absolute atomic E-state index is 12.1. The van der Waals surface area contributed by atoms with Crippen molar-refractivity contribution in [1.82, 2.24) is 10.2 Å². The molecule has 1 heterocycles. The van der Waals surface area contributed by atoms with Crippen molar-refractivity contribution in [3.05, 3.63) is 0 Å². The van der Waals surface area contributed by atoms with Gasteiger partial charge in [-0.3, -0.25) is 0 Å². The number of amides is 1. The minimum absolute atomic E-state index is 0.0125. The highest BCUT2D eigenvalue weighted by Crippen LogP contribution is 2.18. The van der Waals surface area contributed by atoms with Gasteiger partial charge in [0.2, 0.25) is 0 Å². The average Bonchev–Trinajstić information content (AvgIpc) is 2.28. The molecule has 0 aliphatic carbocycles. The molecule has 0 radical (unpaired) electrons. The Morgan fingerprint density at radius 2 is 2.00 bits per heavy atom. The van der Waals surface area contributed by atoms with E-state index in [0.717, 1.165) is 0 Å². The van der Waals surface area contributed by atoms with Gasteiger partial charge in [-0.05, 0) is 33.7 Å². The van der Waals surface area contributed by atoms with Gasteiger partial charge in [-0.15, -0.1) is 0 Å². The minimum Gasteiger partial charge on any atom is -0.444 e. The molecule has 1 fully saturated rings. The topological polar surface area (TPSA) is 75.7 Å². The van der Waals surface area contributed by atoms with Gasteiger partial charge in [-0.25, -0.2) is 13.2 Å². The third-order valence-corrected chi connectivity index (χ3v) is 5.40. The number of hydrogen-bond acceptors (Lipinski definition) is 5. The summed E-state index contributed by atoms with van der Waals surface area (Å²) in [5.41, 5.74) is -0.567. The standard InChI is InChI=1S/C14H28N2O4S/c1-11(2)15-7-6-12-10-16(8-9-21(12,18)19)13(17)20-14(3,4)5/h11-12,15H,6-10H2,1-5H3. The molecule has 1 aliphatic rings. The maximum Gasteiger partial charge on any atom is 0.410 e. The molecule has 0 aromatic rings. The van der Waals surface area contributed by atoms with Crippen molar-refractivity contribution >= 4 is 15.9 Å². The van der Waals surface area contributed by atoms with Crippen LogP contribution in [0, 0.1) is 0 Å². The van der Waals surface area contributed by atoms with Crippen LogP contribution in [-0.2, 0) is 14.6 Å². The zero-order valence-corrected chi connectivity index (χ0v) is 14.5. The number of hydrogen-bond donors (Lipinski definition) is 1. The minimum atomic E-state index is -3.12. The number of nitrogens with zero attached hydrogens (tertiary/aromatic N) is 1. The monoisotopic (exact) mass is 320 g/mol. The Hall–Kier alpha value is -0.820. The van der Waals surface area contributed by atoms with Gasteiger partial charge in [-0.2, -0.15) is 0 Å². The molecule has 1 saturated heterocycles. The number of carbonyl (C=O) groups is 1. The molecular formula is C14H28N2O4S. The van der Waals surface area contributed by atoms with Gasteiger partial charge < -0.3 is 15.0 Å². The van der Waals surface area contributed by atoms with E-state index in [0.29, 0.717) is 19.0 Å². The normalized spacial score (nSPS) is 22.4. The Kier molecular flexibility index (Phi) is 6.04. The van der Waals surface area contributed by atoms with E-state index in [1.54, 1.807) is 20.8 Å². The molecule has 1 N–H and O–H groups in total. The summed E-state index contributed by atoms with van der Waals surface area (Å²) in [4.78, 5) is 13.6. The molecule has 124 valence electrons. The molecule has 1 aliphatic heterocycles. The van der Waals surface area contributed by atoms with Crippen molar-refractivity contribution in [2.45, 2.75) is 57.9 Å². The first-order valence-electron chi connectivity index (χ1n) is 7.44. The molecule has 0 saturated carbocycles. The number of ether oxygens (including phenoxy) is 1. The second-order valence-corrected chi connectivity index (χ2v) is 9.21. The zero-order valence-electron chi connectivity index (χ0n) is 13.7. The lowest BCUT2D eigenvalue weighted by Crippen LogP contribution is -2.51. The molecule has 1 rings (SSSR count). The van der Waals surface area contributed by atoms with Crippen molar-refractivity contribution in [3.63, 3.8) is 0 Å². The molecule has 0 spiro atoms. The molecule has 0 aromatic carbocycles. The first-order chi connectivity index (χ1) is 9.51.